The first-order chi connectivity index (χ1) is 15.2. The highest BCUT2D eigenvalue weighted by molar-refractivity contribution is 7.91. The largest absolute Gasteiger partial charge is 0.480 e. The Morgan fingerprint density at radius 2 is 1.94 bits per heavy atom. The van der Waals surface area contributed by atoms with Gasteiger partial charge in [-0.2, -0.15) is 10.2 Å². The Labute approximate surface area is 189 Å². The van der Waals surface area contributed by atoms with Gasteiger partial charge in [0.15, 0.2) is 0 Å². The van der Waals surface area contributed by atoms with E-state index in [2.05, 4.69) is 30.3 Å². The quantitative estimate of drug-likeness (QED) is 0.351. The number of carboxylic acids is 1. The first kappa shape index (κ1) is 24.8. The van der Waals surface area contributed by atoms with E-state index in [1.807, 2.05) is 13.0 Å². The summed E-state index contributed by atoms with van der Waals surface area (Å²) in [6.45, 7) is 5.36. The van der Waals surface area contributed by atoms with Gasteiger partial charge in [-0.3, -0.25) is 9.69 Å². The lowest BCUT2D eigenvalue weighted by Gasteiger charge is -2.45. The van der Waals surface area contributed by atoms with Gasteiger partial charge in [0.1, 0.15) is 0 Å². The van der Waals surface area contributed by atoms with Gasteiger partial charge in [-0.15, -0.1) is 0 Å². The van der Waals surface area contributed by atoms with Crippen LogP contribution in [0.15, 0.2) is 18.5 Å². The molecule has 1 saturated carbocycles. The Morgan fingerprint density at radius 3 is 2.50 bits per heavy atom. The second kappa shape index (κ2) is 10.8. The van der Waals surface area contributed by atoms with Crippen LogP contribution in [0.5, 0.6) is 0 Å². The summed E-state index contributed by atoms with van der Waals surface area (Å²) in [7, 11) is -4.17. The topological polar surface area (TPSA) is 148 Å². The van der Waals surface area contributed by atoms with Gasteiger partial charge in [-0.25, -0.2) is 18.1 Å². The van der Waals surface area contributed by atoms with Gasteiger partial charge in [-0.1, -0.05) is 13.3 Å². The number of hydrogen-bond donors (Lipinski definition) is 4. The molecule has 1 unspecified atom stereocenters. The summed E-state index contributed by atoms with van der Waals surface area (Å²) in [5.41, 5.74) is 2.42. The Morgan fingerprint density at radius 1 is 1.25 bits per heavy atom. The predicted octanol–water partition coefficient (Wildman–Crippen LogP) is 0.268. The van der Waals surface area contributed by atoms with Gasteiger partial charge in [0.25, 0.3) is 0 Å². The normalized spacial score (nSPS) is 26.5. The number of aliphatic hydroxyl groups is 1. The van der Waals surface area contributed by atoms with Crippen molar-refractivity contribution in [2.45, 2.75) is 62.3 Å². The minimum Gasteiger partial charge on any atom is -0.480 e. The van der Waals surface area contributed by atoms with Crippen molar-refractivity contribution in [2.75, 3.05) is 38.1 Å². The highest BCUT2D eigenvalue weighted by atomic mass is 32.2. The zero-order chi connectivity index (χ0) is 23.2. The van der Waals surface area contributed by atoms with E-state index in [4.69, 9.17) is 0 Å². The van der Waals surface area contributed by atoms with Crippen LogP contribution in [-0.2, 0) is 14.8 Å². The number of nitrogens with zero attached hydrogens (tertiary/aromatic N) is 4. The standard InChI is InChI=1S/C20H34N6O5S/c1-2-3-9-23-32(30,31)18(19(27)28)20(29)7-4-17(5-8-20)25-11-13-26(14-12-25)24-16-6-10-21-22-15-16/h6,10,15,17-18,23,29H,2-5,7-9,11-14H2,1H3,(H,21,24)(H,27,28). The number of carboxylic acid groups (broad SMARTS) is 1. The maximum atomic E-state index is 12.6. The molecule has 1 aliphatic heterocycles. The third-order valence-electron chi connectivity index (χ3n) is 6.38. The van der Waals surface area contributed by atoms with Crippen LogP contribution >= 0.6 is 0 Å². The van der Waals surface area contributed by atoms with E-state index < -0.39 is 26.8 Å². The van der Waals surface area contributed by atoms with Gasteiger partial charge < -0.3 is 15.6 Å². The minimum atomic E-state index is -4.17. The molecule has 11 nitrogen and oxygen atoms in total. The highest BCUT2D eigenvalue weighted by Crippen LogP contribution is 2.36. The molecule has 1 aromatic rings. The zero-order valence-corrected chi connectivity index (χ0v) is 19.3. The van der Waals surface area contributed by atoms with E-state index in [1.54, 1.807) is 12.4 Å². The summed E-state index contributed by atoms with van der Waals surface area (Å²) in [5.74, 6) is -1.50. The molecule has 1 aliphatic carbocycles. The first-order valence-electron chi connectivity index (χ1n) is 11.2. The SMILES string of the molecule is CCCCNS(=O)(=O)C(C(=O)O)C1(O)CCC(N2CCN(Nc3ccnnc3)CC2)CC1. The number of nitrogens with one attached hydrogen (secondary N) is 2. The average Bonchev–Trinajstić information content (AvgIpc) is 2.75. The maximum absolute atomic E-state index is 12.6. The number of hydrazine groups is 1. The molecule has 0 radical (unpaired) electrons. The summed E-state index contributed by atoms with van der Waals surface area (Å²) in [4.78, 5) is 14.2. The van der Waals surface area contributed by atoms with E-state index >= 15 is 0 Å². The van der Waals surface area contributed by atoms with Crippen LogP contribution in [0.4, 0.5) is 5.69 Å². The van der Waals surface area contributed by atoms with Crippen molar-refractivity contribution in [1.29, 1.82) is 0 Å². The lowest BCUT2D eigenvalue weighted by molar-refractivity contribution is -0.143. The average molecular weight is 471 g/mol. The summed E-state index contributed by atoms with van der Waals surface area (Å²) < 4.78 is 27.6. The monoisotopic (exact) mass is 470 g/mol. The fraction of sp³-hybridized carbons (Fsp3) is 0.750. The molecule has 1 atom stereocenters. The van der Waals surface area contributed by atoms with Crippen molar-refractivity contribution in [3.8, 4) is 0 Å². The third kappa shape index (κ3) is 6.13. The molecule has 0 amide bonds. The summed E-state index contributed by atoms with van der Waals surface area (Å²) >= 11 is 0. The molecule has 2 heterocycles. The van der Waals surface area contributed by atoms with E-state index in [1.165, 1.54) is 0 Å². The van der Waals surface area contributed by atoms with Gasteiger partial charge in [0.05, 0.1) is 23.7 Å². The van der Waals surface area contributed by atoms with Gasteiger partial charge in [0.2, 0.25) is 15.3 Å². The van der Waals surface area contributed by atoms with E-state index in [-0.39, 0.29) is 25.4 Å². The molecule has 2 aliphatic rings. The van der Waals surface area contributed by atoms with Gasteiger partial charge in [0, 0.05) is 38.8 Å². The summed E-state index contributed by atoms with van der Waals surface area (Å²) in [6.07, 6.45) is 6.11. The number of hydrogen-bond acceptors (Lipinski definition) is 9. The van der Waals surface area contributed by atoms with Crippen molar-refractivity contribution in [1.82, 2.24) is 24.8 Å². The Hall–Kier alpha value is -1.86. The van der Waals surface area contributed by atoms with Crippen molar-refractivity contribution in [3.63, 3.8) is 0 Å². The third-order valence-corrected chi connectivity index (χ3v) is 8.25. The molecular weight excluding hydrogens is 436 g/mol. The van der Waals surface area contributed by atoms with Crippen LogP contribution in [0.1, 0.15) is 45.4 Å². The van der Waals surface area contributed by atoms with E-state index in [9.17, 15) is 23.4 Å². The molecular formula is C20H34N6O5S. The zero-order valence-electron chi connectivity index (χ0n) is 18.5. The minimum absolute atomic E-state index is 0.143. The lowest BCUT2D eigenvalue weighted by atomic mass is 9.79. The van der Waals surface area contributed by atoms with Crippen molar-refractivity contribution >= 4 is 21.7 Å². The van der Waals surface area contributed by atoms with Crippen LogP contribution in [0.2, 0.25) is 0 Å². The molecule has 4 N–H and O–H groups in total. The van der Waals surface area contributed by atoms with Crippen LogP contribution < -0.4 is 10.1 Å². The summed E-state index contributed by atoms with van der Waals surface area (Å²) in [6, 6.07) is 2.05. The molecule has 0 bridgehead atoms. The van der Waals surface area contributed by atoms with Crippen LogP contribution in [0.25, 0.3) is 0 Å². The number of carbonyl (C=O) groups is 1. The van der Waals surface area contributed by atoms with Crippen LogP contribution in [0, 0.1) is 0 Å². The van der Waals surface area contributed by atoms with Crippen molar-refractivity contribution in [3.05, 3.63) is 18.5 Å². The molecule has 2 fully saturated rings. The maximum Gasteiger partial charge on any atom is 0.326 e. The van der Waals surface area contributed by atoms with Crippen molar-refractivity contribution < 1.29 is 23.4 Å². The number of aromatic nitrogens is 2. The first-order valence-corrected chi connectivity index (χ1v) is 12.8. The molecule has 12 heteroatoms. The Kier molecular flexibility index (Phi) is 8.39. The smallest absolute Gasteiger partial charge is 0.326 e. The number of sulfonamides is 1. The van der Waals surface area contributed by atoms with Gasteiger partial charge >= 0.3 is 5.97 Å². The molecule has 1 saturated heterocycles. The number of unbranched alkanes of at least 4 members (excludes halogenated alkanes) is 1. The lowest BCUT2D eigenvalue weighted by Crippen LogP contribution is -2.59. The van der Waals surface area contributed by atoms with E-state index in [0.29, 0.717) is 19.3 Å². The van der Waals surface area contributed by atoms with Crippen LogP contribution in [-0.4, -0.2) is 94.3 Å². The van der Waals surface area contributed by atoms with E-state index in [0.717, 1.165) is 38.3 Å². The summed E-state index contributed by atoms with van der Waals surface area (Å²) in [5, 5.41) is 28.6. The molecule has 0 spiro atoms. The van der Waals surface area contributed by atoms with Crippen LogP contribution in [0.3, 0.4) is 0 Å². The molecule has 32 heavy (non-hydrogen) atoms. The molecule has 180 valence electrons. The second-order valence-corrected chi connectivity index (χ2v) is 10.5. The fourth-order valence-electron chi connectivity index (χ4n) is 4.59. The number of piperazine rings is 1. The predicted molar refractivity (Wildman–Crippen MR) is 119 cm³/mol. The second-order valence-electron chi connectivity index (χ2n) is 8.61. The molecule has 0 aromatic carbocycles. The molecule has 1 aromatic heterocycles. The van der Waals surface area contributed by atoms with Gasteiger partial charge in [-0.05, 0) is 38.2 Å². The highest BCUT2D eigenvalue weighted by Gasteiger charge is 2.51. The number of rotatable bonds is 10. The fourth-order valence-corrected chi connectivity index (χ4v) is 6.27. The van der Waals surface area contributed by atoms with Crippen molar-refractivity contribution in [2.24, 2.45) is 0 Å². The Bertz CT molecular complexity index is 839. The number of anilines is 1. The Balaban J connectivity index is 1.53. The number of aliphatic carboxylic acids is 1. The molecule has 3 rings (SSSR count).